The number of hydrogen-bond donors (Lipinski definition) is 1. The van der Waals surface area contributed by atoms with Crippen LogP contribution in [0.4, 0.5) is 5.82 Å². The molecule has 0 fully saturated rings. The molecule has 5 nitrogen and oxygen atoms in total. The highest BCUT2D eigenvalue weighted by atomic mass is 32.1. The van der Waals surface area contributed by atoms with Crippen LogP contribution in [0, 0.1) is 6.92 Å². The number of pyridine rings is 1. The molecule has 0 aliphatic heterocycles. The van der Waals surface area contributed by atoms with Crippen LogP contribution in [-0.4, -0.2) is 26.5 Å². The number of nitrogens with one attached hydrogen (secondary N) is 1. The van der Waals surface area contributed by atoms with Crippen LogP contribution in [0.1, 0.15) is 11.4 Å². The van der Waals surface area contributed by atoms with Crippen molar-refractivity contribution in [3.8, 4) is 22.0 Å². The minimum absolute atomic E-state index is 0.686. The summed E-state index contributed by atoms with van der Waals surface area (Å²) in [6, 6.07) is 16.1. The number of nitrogens with zero attached hydrogens (tertiary/aromatic N) is 4. The van der Waals surface area contributed by atoms with Gasteiger partial charge in [-0.1, -0.05) is 30.3 Å². The summed E-state index contributed by atoms with van der Waals surface area (Å²) in [6.07, 6.45) is 4.36. The van der Waals surface area contributed by atoms with Gasteiger partial charge in [-0.15, -0.1) is 11.3 Å². The molecule has 0 atom stereocenters. The van der Waals surface area contributed by atoms with Gasteiger partial charge in [0.2, 0.25) is 0 Å². The van der Waals surface area contributed by atoms with E-state index in [1.165, 1.54) is 0 Å². The summed E-state index contributed by atoms with van der Waals surface area (Å²) in [5, 5.41) is 6.57. The maximum atomic E-state index is 4.73. The van der Waals surface area contributed by atoms with E-state index in [0.29, 0.717) is 5.82 Å². The van der Waals surface area contributed by atoms with E-state index >= 15 is 0 Å². The molecular weight excluding hydrogens is 354 g/mol. The summed E-state index contributed by atoms with van der Waals surface area (Å²) in [6.45, 7) is 2.74. The van der Waals surface area contributed by atoms with E-state index in [9.17, 15) is 0 Å². The zero-order chi connectivity index (χ0) is 18.5. The molecule has 4 aromatic rings. The molecule has 6 heteroatoms. The second-order valence-corrected chi connectivity index (χ2v) is 7.00. The Hall–Kier alpha value is -3.12. The summed E-state index contributed by atoms with van der Waals surface area (Å²) < 4.78 is 0. The van der Waals surface area contributed by atoms with E-state index in [2.05, 4.69) is 37.8 Å². The molecule has 134 valence electrons. The maximum Gasteiger partial charge on any atom is 0.163 e. The van der Waals surface area contributed by atoms with Gasteiger partial charge < -0.3 is 5.32 Å². The van der Waals surface area contributed by atoms with Gasteiger partial charge in [0.15, 0.2) is 5.82 Å². The van der Waals surface area contributed by atoms with Crippen molar-refractivity contribution < 1.29 is 0 Å². The number of thiazole rings is 1. The molecule has 1 N–H and O–H groups in total. The third kappa shape index (κ3) is 4.35. The highest BCUT2D eigenvalue weighted by Gasteiger charge is 2.07. The molecule has 0 aliphatic carbocycles. The molecule has 0 spiro atoms. The zero-order valence-electron chi connectivity index (χ0n) is 15.0. The van der Waals surface area contributed by atoms with Crippen LogP contribution < -0.4 is 5.32 Å². The van der Waals surface area contributed by atoms with E-state index < -0.39 is 0 Å². The normalized spacial score (nSPS) is 10.7. The summed E-state index contributed by atoms with van der Waals surface area (Å²) in [4.78, 5) is 18.0. The van der Waals surface area contributed by atoms with Crippen molar-refractivity contribution >= 4 is 17.2 Å². The number of benzene rings is 1. The number of hydrogen-bond acceptors (Lipinski definition) is 6. The summed E-state index contributed by atoms with van der Waals surface area (Å²) in [5.74, 6) is 1.51. The van der Waals surface area contributed by atoms with Crippen molar-refractivity contribution in [2.75, 3.05) is 11.9 Å². The first-order valence-electron chi connectivity index (χ1n) is 8.78. The van der Waals surface area contributed by atoms with Crippen LogP contribution in [0.15, 0.2) is 66.3 Å². The van der Waals surface area contributed by atoms with Gasteiger partial charge in [-0.3, -0.25) is 4.98 Å². The van der Waals surface area contributed by atoms with Crippen molar-refractivity contribution in [2.24, 2.45) is 0 Å². The first kappa shape index (κ1) is 17.3. The van der Waals surface area contributed by atoms with Crippen LogP contribution in [0.2, 0.25) is 0 Å². The lowest BCUT2D eigenvalue weighted by atomic mass is 10.2. The van der Waals surface area contributed by atoms with E-state index in [1.807, 2.05) is 43.3 Å². The monoisotopic (exact) mass is 373 g/mol. The van der Waals surface area contributed by atoms with E-state index in [4.69, 9.17) is 4.98 Å². The predicted octanol–water partition coefficient (Wildman–Crippen LogP) is 4.63. The highest BCUT2D eigenvalue weighted by molar-refractivity contribution is 7.13. The summed E-state index contributed by atoms with van der Waals surface area (Å²) in [5.41, 5.74) is 4.08. The second kappa shape index (κ2) is 8.05. The lowest BCUT2D eigenvalue weighted by Gasteiger charge is -2.08. The summed E-state index contributed by atoms with van der Waals surface area (Å²) in [7, 11) is 0. The minimum Gasteiger partial charge on any atom is -0.370 e. The maximum absolute atomic E-state index is 4.73. The Bertz CT molecular complexity index is 1020. The minimum atomic E-state index is 0.686. The fourth-order valence-corrected chi connectivity index (χ4v) is 3.60. The fourth-order valence-electron chi connectivity index (χ4n) is 2.74. The molecule has 4 rings (SSSR count). The van der Waals surface area contributed by atoms with Crippen molar-refractivity contribution in [3.05, 3.63) is 77.7 Å². The van der Waals surface area contributed by atoms with Gasteiger partial charge >= 0.3 is 0 Å². The van der Waals surface area contributed by atoms with Gasteiger partial charge in [0.05, 0.1) is 5.69 Å². The van der Waals surface area contributed by atoms with Gasteiger partial charge in [-0.05, 0) is 19.1 Å². The summed E-state index contributed by atoms with van der Waals surface area (Å²) >= 11 is 1.68. The lowest BCUT2D eigenvalue weighted by Crippen LogP contribution is -2.08. The number of aromatic nitrogens is 4. The van der Waals surface area contributed by atoms with Gasteiger partial charge in [-0.2, -0.15) is 0 Å². The van der Waals surface area contributed by atoms with Gasteiger partial charge in [0.1, 0.15) is 10.8 Å². The average Bonchev–Trinajstić information content (AvgIpc) is 3.18. The lowest BCUT2D eigenvalue weighted by molar-refractivity contribution is 0.963. The van der Waals surface area contributed by atoms with Crippen LogP contribution in [0.5, 0.6) is 0 Å². The molecule has 3 aromatic heterocycles. The molecule has 0 saturated carbocycles. The van der Waals surface area contributed by atoms with Gasteiger partial charge in [0.25, 0.3) is 0 Å². The average molecular weight is 373 g/mol. The Balaban J connectivity index is 1.41. The Morgan fingerprint density at radius 1 is 0.963 bits per heavy atom. The Morgan fingerprint density at radius 2 is 1.81 bits per heavy atom. The van der Waals surface area contributed by atoms with Crippen molar-refractivity contribution in [1.82, 2.24) is 19.9 Å². The third-order valence-corrected chi connectivity index (χ3v) is 4.97. The van der Waals surface area contributed by atoms with E-state index in [1.54, 1.807) is 23.7 Å². The quantitative estimate of drug-likeness (QED) is 0.534. The van der Waals surface area contributed by atoms with Crippen LogP contribution in [0.25, 0.3) is 22.0 Å². The van der Waals surface area contributed by atoms with Crippen molar-refractivity contribution in [1.29, 1.82) is 0 Å². The predicted molar refractivity (Wildman–Crippen MR) is 110 cm³/mol. The van der Waals surface area contributed by atoms with Crippen molar-refractivity contribution in [2.45, 2.75) is 13.3 Å². The van der Waals surface area contributed by atoms with Crippen LogP contribution in [0.3, 0.4) is 0 Å². The SMILES string of the molecule is Cc1cc(NCCc2csc(-c3ccccc3)n2)nc(-c2cccnc2)n1. The molecule has 0 radical (unpaired) electrons. The van der Waals surface area contributed by atoms with Crippen LogP contribution >= 0.6 is 11.3 Å². The fraction of sp³-hybridized carbons (Fsp3) is 0.143. The first-order valence-corrected chi connectivity index (χ1v) is 9.66. The third-order valence-electron chi connectivity index (χ3n) is 4.03. The van der Waals surface area contributed by atoms with Crippen LogP contribution in [-0.2, 0) is 6.42 Å². The highest BCUT2D eigenvalue weighted by Crippen LogP contribution is 2.23. The molecule has 1 aromatic carbocycles. The molecule has 0 aliphatic rings. The van der Waals surface area contributed by atoms with Gasteiger partial charge in [-0.25, -0.2) is 15.0 Å². The molecule has 3 heterocycles. The standard InChI is InChI=1S/C21H19N5S/c1-15-12-19(26-20(24-15)17-8-5-10-22-13-17)23-11-9-18-14-27-21(25-18)16-6-3-2-4-7-16/h2-8,10,12-14H,9,11H2,1H3,(H,23,24,26). The molecular formula is C21H19N5S. The van der Waals surface area contributed by atoms with Crippen molar-refractivity contribution in [3.63, 3.8) is 0 Å². The Morgan fingerprint density at radius 3 is 2.63 bits per heavy atom. The Labute approximate surface area is 162 Å². The Kier molecular flexibility index (Phi) is 5.16. The molecule has 0 unspecified atom stereocenters. The molecule has 27 heavy (non-hydrogen) atoms. The second-order valence-electron chi connectivity index (χ2n) is 6.15. The molecule has 0 bridgehead atoms. The number of rotatable bonds is 6. The topological polar surface area (TPSA) is 63.6 Å². The largest absolute Gasteiger partial charge is 0.370 e. The number of anilines is 1. The zero-order valence-corrected chi connectivity index (χ0v) is 15.8. The molecule has 0 saturated heterocycles. The van der Waals surface area contributed by atoms with E-state index in [0.717, 1.165) is 46.3 Å². The van der Waals surface area contributed by atoms with E-state index in [-0.39, 0.29) is 0 Å². The molecule has 0 amide bonds. The first-order chi connectivity index (χ1) is 13.3. The van der Waals surface area contributed by atoms with Gasteiger partial charge in [0, 0.05) is 53.6 Å². The smallest absolute Gasteiger partial charge is 0.163 e. The number of aryl methyl sites for hydroxylation is 1.